The van der Waals surface area contributed by atoms with Crippen LogP contribution in [-0.2, 0) is 11.2 Å². The summed E-state index contributed by atoms with van der Waals surface area (Å²) >= 11 is 0. The number of non-ortho nitro benzene ring substituents is 1. The number of hydrogen-bond acceptors (Lipinski definition) is 3. The van der Waals surface area contributed by atoms with Gasteiger partial charge < -0.3 is 5.32 Å². The predicted molar refractivity (Wildman–Crippen MR) is 96.0 cm³/mol. The van der Waals surface area contributed by atoms with E-state index in [4.69, 9.17) is 0 Å². The molecule has 0 fully saturated rings. The van der Waals surface area contributed by atoms with Crippen molar-refractivity contribution < 1.29 is 9.72 Å². The zero-order valence-corrected chi connectivity index (χ0v) is 14.2. The number of amides is 1. The van der Waals surface area contributed by atoms with Gasteiger partial charge in [-0.25, -0.2) is 0 Å². The van der Waals surface area contributed by atoms with Gasteiger partial charge in [-0.15, -0.1) is 0 Å². The quantitative estimate of drug-likeness (QED) is 0.611. The Bertz CT molecular complexity index is 737. The smallest absolute Gasteiger partial charge is 0.270 e. The van der Waals surface area contributed by atoms with Crippen LogP contribution in [0.3, 0.4) is 0 Å². The number of nitrogens with zero attached hydrogens (tertiary/aromatic N) is 1. The molecule has 0 bridgehead atoms. The summed E-state index contributed by atoms with van der Waals surface area (Å²) in [5.41, 5.74) is 3.31. The van der Waals surface area contributed by atoms with Crippen molar-refractivity contribution in [2.24, 2.45) is 5.92 Å². The maximum Gasteiger partial charge on any atom is 0.270 e. The van der Waals surface area contributed by atoms with Crippen LogP contribution in [0.4, 0.5) is 11.4 Å². The average Bonchev–Trinajstić information content (AvgIpc) is 2.55. The van der Waals surface area contributed by atoms with E-state index in [1.165, 1.54) is 17.7 Å². The first-order valence-corrected chi connectivity index (χ1v) is 8.08. The van der Waals surface area contributed by atoms with Crippen molar-refractivity contribution >= 4 is 17.3 Å². The molecule has 2 aromatic carbocycles. The number of hydrogen-bond donors (Lipinski definition) is 1. The van der Waals surface area contributed by atoms with Gasteiger partial charge in [-0.2, -0.15) is 0 Å². The van der Waals surface area contributed by atoms with Crippen molar-refractivity contribution in [3.8, 4) is 11.1 Å². The molecule has 5 heteroatoms. The number of carbonyl (C=O) groups excluding carboxylic acids is 1. The minimum atomic E-state index is -0.429. The van der Waals surface area contributed by atoms with E-state index in [1.54, 1.807) is 13.0 Å². The summed E-state index contributed by atoms with van der Waals surface area (Å²) in [4.78, 5) is 22.4. The third kappa shape index (κ3) is 4.41. The summed E-state index contributed by atoms with van der Waals surface area (Å²) in [6.45, 7) is 6.08. The monoisotopic (exact) mass is 326 g/mol. The van der Waals surface area contributed by atoms with E-state index in [-0.39, 0.29) is 11.6 Å². The molecule has 0 atom stereocenters. The van der Waals surface area contributed by atoms with Crippen LogP contribution in [0.25, 0.3) is 11.1 Å². The Labute approximate surface area is 141 Å². The largest absolute Gasteiger partial charge is 0.326 e. The van der Waals surface area contributed by atoms with Gasteiger partial charge in [0.1, 0.15) is 0 Å². The van der Waals surface area contributed by atoms with Crippen LogP contribution >= 0.6 is 0 Å². The zero-order chi connectivity index (χ0) is 17.7. The van der Waals surface area contributed by atoms with Crippen molar-refractivity contribution in [1.29, 1.82) is 0 Å². The highest BCUT2D eigenvalue weighted by molar-refractivity contribution is 5.95. The molecule has 0 radical (unpaired) electrons. The van der Waals surface area contributed by atoms with Crippen LogP contribution in [0.1, 0.15) is 32.8 Å². The first-order chi connectivity index (χ1) is 11.4. The molecule has 0 saturated carbocycles. The SMILES string of the molecule is CCC(=O)Nc1ccc([N+](=O)[O-])cc1-c1ccc(CC(C)C)cc1. The number of anilines is 1. The summed E-state index contributed by atoms with van der Waals surface area (Å²) in [7, 11) is 0. The maximum atomic E-state index is 11.7. The fourth-order valence-corrected chi connectivity index (χ4v) is 2.52. The zero-order valence-electron chi connectivity index (χ0n) is 14.2. The lowest BCUT2D eigenvalue weighted by Crippen LogP contribution is -2.10. The van der Waals surface area contributed by atoms with Crippen molar-refractivity contribution in [2.45, 2.75) is 33.6 Å². The molecule has 24 heavy (non-hydrogen) atoms. The molecule has 0 heterocycles. The fraction of sp³-hybridized carbons (Fsp3) is 0.316. The van der Waals surface area contributed by atoms with Crippen LogP contribution in [-0.4, -0.2) is 10.8 Å². The van der Waals surface area contributed by atoms with Crippen LogP contribution in [0.15, 0.2) is 42.5 Å². The third-order valence-electron chi connectivity index (χ3n) is 3.72. The maximum absolute atomic E-state index is 11.7. The third-order valence-corrected chi connectivity index (χ3v) is 3.72. The van der Waals surface area contributed by atoms with E-state index >= 15 is 0 Å². The van der Waals surface area contributed by atoms with Gasteiger partial charge in [-0.05, 0) is 29.5 Å². The second-order valence-corrected chi connectivity index (χ2v) is 6.18. The van der Waals surface area contributed by atoms with Crippen molar-refractivity contribution in [3.63, 3.8) is 0 Å². The van der Waals surface area contributed by atoms with Gasteiger partial charge in [0.2, 0.25) is 5.91 Å². The number of nitrogens with one attached hydrogen (secondary N) is 1. The Morgan fingerprint density at radius 1 is 1.17 bits per heavy atom. The Hall–Kier alpha value is -2.69. The lowest BCUT2D eigenvalue weighted by molar-refractivity contribution is -0.384. The molecular weight excluding hydrogens is 304 g/mol. The van der Waals surface area contributed by atoms with E-state index in [0.717, 1.165) is 12.0 Å². The Kier molecular flexibility index (Phi) is 5.68. The molecule has 0 aliphatic rings. The molecule has 2 rings (SSSR count). The molecule has 0 unspecified atom stereocenters. The summed E-state index contributed by atoms with van der Waals surface area (Å²) in [6.07, 6.45) is 1.33. The highest BCUT2D eigenvalue weighted by Crippen LogP contribution is 2.32. The molecule has 1 amide bonds. The fourth-order valence-electron chi connectivity index (χ4n) is 2.52. The van der Waals surface area contributed by atoms with E-state index in [2.05, 4.69) is 19.2 Å². The number of nitro groups is 1. The van der Waals surface area contributed by atoms with Crippen LogP contribution in [0.2, 0.25) is 0 Å². The minimum absolute atomic E-state index is 0.00533. The summed E-state index contributed by atoms with van der Waals surface area (Å²) in [5.74, 6) is 0.439. The summed E-state index contributed by atoms with van der Waals surface area (Å²) in [5, 5.41) is 13.9. The molecule has 0 spiro atoms. The predicted octanol–water partition coefficient (Wildman–Crippen LogP) is 4.81. The second-order valence-electron chi connectivity index (χ2n) is 6.18. The van der Waals surface area contributed by atoms with Gasteiger partial charge >= 0.3 is 0 Å². The van der Waals surface area contributed by atoms with Gasteiger partial charge in [-0.1, -0.05) is 45.0 Å². The normalized spacial score (nSPS) is 10.7. The number of nitro benzene ring substituents is 1. The van der Waals surface area contributed by atoms with Gasteiger partial charge in [0.15, 0.2) is 0 Å². The van der Waals surface area contributed by atoms with Crippen LogP contribution in [0.5, 0.6) is 0 Å². The van der Waals surface area contributed by atoms with Gasteiger partial charge in [0, 0.05) is 29.8 Å². The Morgan fingerprint density at radius 3 is 2.38 bits per heavy atom. The Morgan fingerprint density at radius 2 is 1.83 bits per heavy atom. The Balaban J connectivity index is 2.43. The standard InChI is InChI=1S/C19H22N2O3/c1-4-19(22)20-18-10-9-16(21(23)24)12-17(18)15-7-5-14(6-8-15)11-13(2)3/h5-10,12-13H,4,11H2,1-3H3,(H,20,22). The first kappa shape index (κ1) is 17.7. The summed E-state index contributed by atoms with van der Waals surface area (Å²) < 4.78 is 0. The molecule has 126 valence electrons. The van der Waals surface area contributed by atoms with E-state index in [9.17, 15) is 14.9 Å². The lowest BCUT2D eigenvalue weighted by Gasteiger charge is -2.12. The van der Waals surface area contributed by atoms with E-state index in [1.807, 2.05) is 24.3 Å². The first-order valence-electron chi connectivity index (χ1n) is 8.08. The number of carbonyl (C=O) groups is 1. The highest BCUT2D eigenvalue weighted by atomic mass is 16.6. The molecule has 0 saturated heterocycles. The van der Waals surface area contributed by atoms with E-state index < -0.39 is 4.92 Å². The van der Waals surface area contributed by atoms with Gasteiger partial charge in [0.05, 0.1) is 4.92 Å². The molecule has 5 nitrogen and oxygen atoms in total. The molecule has 0 aliphatic heterocycles. The van der Waals surface area contributed by atoms with Crippen molar-refractivity contribution in [2.75, 3.05) is 5.32 Å². The topological polar surface area (TPSA) is 72.2 Å². The van der Waals surface area contributed by atoms with Gasteiger partial charge in [0.25, 0.3) is 5.69 Å². The average molecular weight is 326 g/mol. The number of rotatable bonds is 6. The van der Waals surface area contributed by atoms with Crippen LogP contribution < -0.4 is 5.32 Å². The molecule has 0 aromatic heterocycles. The lowest BCUT2D eigenvalue weighted by atomic mass is 9.98. The summed E-state index contributed by atoms with van der Waals surface area (Å²) in [6, 6.07) is 12.4. The molecule has 1 N–H and O–H groups in total. The van der Waals surface area contributed by atoms with Crippen LogP contribution in [0, 0.1) is 16.0 Å². The van der Waals surface area contributed by atoms with Gasteiger partial charge in [-0.3, -0.25) is 14.9 Å². The molecule has 2 aromatic rings. The molecule has 0 aliphatic carbocycles. The van der Waals surface area contributed by atoms with Crippen molar-refractivity contribution in [1.82, 2.24) is 0 Å². The molecular formula is C19H22N2O3. The van der Waals surface area contributed by atoms with E-state index in [0.29, 0.717) is 23.6 Å². The minimum Gasteiger partial charge on any atom is -0.326 e. The second kappa shape index (κ2) is 7.73. The highest BCUT2D eigenvalue weighted by Gasteiger charge is 2.14. The van der Waals surface area contributed by atoms with Crippen molar-refractivity contribution in [3.05, 3.63) is 58.1 Å². The number of benzene rings is 2.